The maximum atomic E-state index is 12.8. The molecule has 0 saturated heterocycles. The van der Waals surface area contributed by atoms with E-state index in [1.807, 2.05) is 152 Å². The largest absolute Gasteiger partial charge is 0.499 e. The molecular formula is C99H141N21O16. The van der Waals surface area contributed by atoms with Crippen LogP contribution in [0.1, 0.15) is 173 Å². The highest BCUT2D eigenvalue weighted by Crippen LogP contribution is 2.30. The topological polar surface area (TPSA) is 611 Å². The number of nitrogens with one attached hydrogen (secondary N) is 4. The first kappa shape index (κ1) is 108. The van der Waals surface area contributed by atoms with Gasteiger partial charge in [-0.05, 0) is 133 Å². The Labute approximate surface area is 793 Å². The Hall–Kier alpha value is -13.5. The van der Waals surface area contributed by atoms with Gasteiger partial charge in [0.05, 0.1) is 6.54 Å². The molecule has 4 heterocycles. The Morgan fingerprint density at radius 1 is 0.279 bits per heavy atom. The van der Waals surface area contributed by atoms with Crippen molar-refractivity contribution in [2.45, 2.75) is 261 Å². The van der Waals surface area contributed by atoms with Gasteiger partial charge in [0.1, 0.15) is 91.1 Å². The minimum absolute atomic E-state index is 0.0386. The number of para-hydroxylation sites is 4. The lowest BCUT2D eigenvalue weighted by atomic mass is 10.0. The molecule has 0 spiro atoms. The predicted molar refractivity (Wildman–Crippen MR) is 550 cm³/mol. The van der Waals surface area contributed by atoms with E-state index >= 15 is 0 Å². The number of hydrogen-bond donors (Lipinski definition) is 21. The summed E-state index contributed by atoms with van der Waals surface area (Å²) >= 11 is 0. The number of rotatable bonds is 52. The van der Waals surface area contributed by atoms with Gasteiger partial charge in [0.15, 0.2) is 6.40 Å². The third kappa shape index (κ3) is 31.3. The summed E-state index contributed by atoms with van der Waals surface area (Å²) in [4.78, 5) is 84.4. The molecule has 37 nitrogen and oxygen atoms in total. The van der Waals surface area contributed by atoms with E-state index in [1.165, 1.54) is 13.8 Å². The van der Waals surface area contributed by atoms with Gasteiger partial charge in [-0.25, -0.2) is 74.9 Å². The predicted octanol–water partition coefficient (Wildman–Crippen LogP) is 17.8. The Morgan fingerprint density at radius 2 is 0.529 bits per heavy atom. The van der Waals surface area contributed by atoms with Gasteiger partial charge >= 0.3 is 0 Å². The highest BCUT2D eigenvalue weighted by atomic mass is 16.3. The van der Waals surface area contributed by atoms with E-state index in [1.54, 1.807) is 80.2 Å². The van der Waals surface area contributed by atoms with Crippen molar-refractivity contribution in [1.29, 1.82) is 0 Å². The molecule has 37 heteroatoms. The van der Waals surface area contributed by atoms with Gasteiger partial charge in [-0.15, -0.1) is 0 Å². The molecule has 0 saturated carbocycles. The highest BCUT2D eigenvalue weighted by Gasteiger charge is 2.35. The van der Waals surface area contributed by atoms with E-state index in [0.29, 0.717) is 23.1 Å². The molecule has 0 fully saturated rings. The normalized spacial score (nSPS) is 17.7. The molecule has 0 unspecified atom stereocenters. The SMILES string of the molecule is CC(C)C[C@@H](N=C(O)[C@H](C)N=C(O)CN=C(O)[C@@H](N=CO)C(C)C)C(O)=N[C@@H](C)C(O)=N[C@@H](C(O)=N[C@H](C(O)=N[C@@H](C(O)=N[C@@H](Cc1c[nH]c2ccccc12)C(O)=N[C@H](CC(C)C)C(O)=N[C@@H](Cc1c[nH]c2ccccc12)C(O)=N[C@H](CC(C)C)C(O)=N[C@@H](Cc1c[nH]c2ccccc12)C(O)=N[C@H](CC(C)C)C(O)=N[C@@H](Cc1c[nH]c2ccccc12)C(O)=NCCN)C(C)C)C(C)C)C(C)C. The summed E-state index contributed by atoms with van der Waals surface area (Å²) in [6, 6.07) is 12.2. The van der Waals surface area contributed by atoms with E-state index in [2.05, 4.69) is 69.9 Å². The first-order valence-electron chi connectivity index (χ1n) is 46.4. The van der Waals surface area contributed by atoms with Gasteiger partial charge < -0.3 is 107 Å². The molecule has 136 heavy (non-hydrogen) atoms. The summed E-state index contributed by atoms with van der Waals surface area (Å²) < 4.78 is 0. The number of hydrogen-bond acceptors (Lipinski definition) is 17. The molecule has 14 atom stereocenters. The third-order valence-corrected chi connectivity index (χ3v) is 22.6. The Balaban J connectivity index is 1.16. The van der Waals surface area contributed by atoms with Gasteiger partial charge in [0.25, 0.3) is 0 Å². The first-order chi connectivity index (χ1) is 64.4. The lowest BCUT2D eigenvalue weighted by Crippen LogP contribution is -2.35. The zero-order chi connectivity index (χ0) is 100. The van der Waals surface area contributed by atoms with Crippen molar-refractivity contribution < 1.29 is 81.7 Å². The van der Waals surface area contributed by atoms with Crippen LogP contribution in [0.2, 0.25) is 0 Å². The number of fused-ring (bicyclic) bond motifs is 4. The quantitative estimate of drug-likeness (QED) is 0.0124. The van der Waals surface area contributed by atoms with Crippen molar-refractivity contribution in [2.24, 2.45) is 133 Å². The number of benzene rings is 4. The van der Waals surface area contributed by atoms with E-state index in [9.17, 15) is 81.7 Å². The van der Waals surface area contributed by atoms with Crippen LogP contribution < -0.4 is 5.73 Å². The van der Waals surface area contributed by atoms with Crippen molar-refractivity contribution >= 4 is 138 Å². The van der Waals surface area contributed by atoms with Crippen LogP contribution in [0.5, 0.6) is 0 Å². The molecule has 0 bridgehead atoms. The average molecular weight is 1880 g/mol. The van der Waals surface area contributed by atoms with Crippen molar-refractivity contribution in [1.82, 2.24) is 19.9 Å². The van der Waals surface area contributed by atoms with Crippen LogP contribution in [-0.2, 0) is 25.7 Å². The van der Waals surface area contributed by atoms with Crippen molar-refractivity contribution in [3.8, 4) is 0 Å². The summed E-state index contributed by atoms with van der Waals surface area (Å²) in [5.41, 5.74) is 11.7. The van der Waals surface area contributed by atoms with E-state index in [4.69, 9.17) is 35.7 Å². The van der Waals surface area contributed by atoms with Gasteiger partial charge in [-0.3, -0.25) is 4.99 Å². The summed E-state index contributed by atoms with van der Waals surface area (Å²) in [7, 11) is 0. The van der Waals surface area contributed by atoms with E-state index < -0.39 is 191 Å². The fourth-order valence-corrected chi connectivity index (χ4v) is 15.4. The summed E-state index contributed by atoms with van der Waals surface area (Å²) in [6.07, 6.45) is 7.79. The second kappa shape index (κ2) is 51.3. The molecule has 4 aromatic heterocycles. The Kier molecular flexibility index (Phi) is 40.7. The average Bonchev–Trinajstić information content (AvgIpc) is 1.69. The van der Waals surface area contributed by atoms with Crippen molar-refractivity contribution in [2.75, 3.05) is 19.6 Å². The summed E-state index contributed by atoms with van der Waals surface area (Å²) in [6.45, 7) is 31.2. The standard InChI is InChI=1S/C99H141N21O16/c1-51(2)37-73(110-86(123)59(17)108-81(122)49-106-96(133)82(55(9)10)107-50-121)89(126)109-60(18)87(124)118-84(57(13)14)98(135)120-85(58(15)16)99(136)119-83(56(11)12)97(134)117-80(44-64-48-105-72-34-26-22-30-68(64)72)95(132)113-76(40-54(7)8)92(129)116-79(43-63-47-104-71-33-25-21-29-67(63)71)94(131)112-75(39-53(5)6)91(128)115-78(42-62-46-103-70-32-24-20-28-66(62)70)93(130)111-74(38-52(3)4)90(127)114-77(88(125)101-36-35-100)41-61-45-102-69-31-23-19-27-65(61)69/h19-34,45-48,50-60,73-80,82-85,102-105H,35-44,49,100H2,1-18H3,(H,101,125)(H,106,133)(H,107,121)(H,108,122)(H,109,126)(H,110,123)(H,111,130)(H,112,131)(H,113,132)(H,114,127)(H,115,128)(H,116,129)(H,117,134)(H,118,124)(H,119,136)(H,120,135)/t59-,60-,73+,74+,75+,76+,77-,78-,79-,80-,82-,83+,84+,85-/m0/s1. The molecule has 0 radical (unpaired) electrons. The van der Waals surface area contributed by atoms with Crippen LogP contribution in [0, 0.1) is 47.3 Å². The van der Waals surface area contributed by atoms with Gasteiger partial charge in [0.2, 0.25) is 88.5 Å². The lowest BCUT2D eigenvalue weighted by Gasteiger charge is -2.23. The molecule has 738 valence electrons. The number of nitrogens with zero attached hydrogens (tertiary/aromatic N) is 16. The first-order valence-corrected chi connectivity index (χ1v) is 46.4. The van der Waals surface area contributed by atoms with Crippen molar-refractivity contribution in [3.05, 3.63) is 144 Å². The number of aliphatic hydroxyl groups is 16. The number of nitrogens with two attached hydrogens (primary N) is 1. The van der Waals surface area contributed by atoms with Gasteiger partial charge in [0, 0.05) is 101 Å². The second-order valence-corrected chi connectivity index (χ2v) is 37.4. The maximum absolute atomic E-state index is 12.8. The molecule has 8 aromatic rings. The van der Waals surface area contributed by atoms with E-state index in [0.717, 1.165) is 49.2 Å². The number of aromatic amines is 4. The molecule has 0 aliphatic rings. The zero-order valence-electron chi connectivity index (χ0n) is 81.0. The van der Waals surface area contributed by atoms with E-state index in [-0.39, 0.29) is 99.9 Å². The molecule has 0 amide bonds. The van der Waals surface area contributed by atoms with Crippen LogP contribution in [0.15, 0.2) is 202 Å². The Morgan fingerprint density at radius 3 is 0.831 bits per heavy atom. The maximum Gasteiger partial charge on any atom is 0.207 e. The van der Waals surface area contributed by atoms with Gasteiger partial charge in [-0.1, -0.05) is 184 Å². The van der Waals surface area contributed by atoms with Gasteiger partial charge in [-0.2, -0.15) is 0 Å². The van der Waals surface area contributed by atoms with Crippen LogP contribution in [0.4, 0.5) is 0 Å². The molecule has 0 aliphatic carbocycles. The molecule has 8 rings (SSSR count). The molecular weight excluding hydrogens is 1740 g/mol. The Bertz CT molecular complexity index is 5760. The third-order valence-electron chi connectivity index (χ3n) is 22.6. The van der Waals surface area contributed by atoms with Crippen LogP contribution in [0.25, 0.3) is 43.6 Å². The lowest BCUT2D eigenvalue weighted by molar-refractivity contribution is 0.414. The smallest absolute Gasteiger partial charge is 0.207 e. The monoisotopic (exact) mass is 1880 g/mol. The minimum Gasteiger partial charge on any atom is -0.499 e. The van der Waals surface area contributed by atoms with Crippen LogP contribution in [0.3, 0.4) is 0 Å². The second-order valence-electron chi connectivity index (χ2n) is 37.4. The molecule has 0 aliphatic heterocycles. The number of aromatic nitrogens is 4. The number of aliphatic hydroxyl groups excluding tert-OH is 16. The summed E-state index contributed by atoms with van der Waals surface area (Å²) in [5.74, 6) is -11.8. The van der Waals surface area contributed by atoms with Crippen LogP contribution in [-0.4, -0.2) is 301 Å². The summed E-state index contributed by atoms with van der Waals surface area (Å²) in [5, 5.41) is 191. The molecule has 4 aromatic carbocycles. The fourth-order valence-electron chi connectivity index (χ4n) is 15.4. The highest BCUT2D eigenvalue weighted by molar-refractivity contribution is 5.98. The fraction of sp³-hybridized carbons (Fsp3) is 0.515. The van der Waals surface area contributed by atoms with Crippen molar-refractivity contribution in [3.63, 3.8) is 0 Å². The minimum atomic E-state index is -1.44. The number of H-pyrrole nitrogens is 4. The van der Waals surface area contributed by atoms with Crippen LogP contribution >= 0.6 is 0 Å². The molecule has 22 N–H and O–H groups in total. The number of aliphatic imine (C=N–C) groups is 16. The zero-order valence-corrected chi connectivity index (χ0v) is 81.0.